The maximum atomic E-state index is 13.0. The van der Waals surface area contributed by atoms with E-state index < -0.39 is 50.7 Å². The van der Waals surface area contributed by atoms with E-state index in [-0.39, 0.29) is 6.54 Å². The van der Waals surface area contributed by atoms with Gasteiger partial charge in [-0.1, -0.05) is 0 Å². The highest BCUT2D eigenvalue weighted by Crippen LogP contribution is 2.14. The number of carboxylic acids is 1. The van der Waals surface area contributed by atoms with Crippen LogP contribution in [0.25, 0.3) is 0 Å². The quantitative estimate of drug-likeness (QED) is 0.601. The van der Waals surface area contributed by atoms with Crippen LogP contribution in [0.3, 0.4) is 0 Å². The molecule has 0 aliphatic rings. The van der Waals surface area contributed by atoms with E-state index in [0.29, 0.717) is 12.1 Å². The van der Waals surface area contributed by atoms with Crippen molar-refractivity contribution >= 4 is 15.8 Å². The van der Waals surface area contributed by atoms with Crippen molar-refractivity contribution < 1.29 is 32.2 Å². The number of hydrogen-bond donors (Lipinski definition) is 3. The summed E-state index contributed by atoms with van der Waals surface area (Å²) < 4.78 is 49.3. The van der Waals surface area contributed by atoms with Crippen LogP contribution < -0.4 is 5.32 Å². The Balaban J connectivity index is 2.70. The van der Waals surface area contributed by atoms with Crippen molar-refractivity contribution in [1.29, 1.82) is 0 Å². The molecule has 0 spiro atoms. The Morgan fingerprint density at radius 1 is 1.30 bits per heavy atom. The highest BCUT2D eigenvalue weighted by atomic mass is 32.2. The van der Waals surface area contributed by atoms with E-state index in [1.165, 1.54) is 0 Å². The molecule has 1 aromatic rings. The third-order valence-corrected chi connectivity index (χ3v) is 4.21. The number of rotatable bonds is 7. The molecule has 1 aromatic carbocycles. The topological polar surface area (TPSA) is 104 Å². The van der Waals surface area contributed by atoms with Gasteiger partial charge < -0.3 is 15.5 Å². The Kier molecular flexibility index (Phi) is 5.54. The molecule has 0 radical (unpaired) electrons. The highest BCUT2D eigenvalue weighted by molar-refractivity contribution is 7.91. The van der Waals surface area contributed by atoms with Crippen molar-refractivity contribution in [1.82, 2.24) is 5.32 Å². The van der Waals surface area contributed by atoms with E-state index in [2.05, 4.69) is 5.32 Å². The second-order valence-electron chi connectivity index (χ2n) is 3.92. The van der Waals surface area contributed by atoms with Crippen LogP contribution in [-0.4, -0.2) is 49.5 Å². The molecule has 1 rings (SSSR count). The van der Waals surface area contributed by atoms with Gasteiger partial charge in [-0.25, -0.2) is 17.2 Å². The van der Waals surface area contributed by atoms with Crippen LogP contribution in [0.5, 0.6) is 0 Å². The Labute approximate surface area is 114 Å². The summed E-state index contributed by atoms with van der Waals surface area (Å²) in [5, 5.41) is 19.7. The Morgan fingerprint density at radius 3 is 2.45 bits per heavy atom. The number of aliphatic hydroxyl groups excluding tert-OH is 1. The van der Waals surface area contributed by atoms with Gasteiger partial charge in [-0.3, -0.25) is 4.79 Å². The van der Waals surface area contributed by atoms with Crippen molar-refractivity contribution in [2.75, 3.05) is 18.9 Å². The number of carboxylic acid groups (broad SMARTS) is 1. The van der Waals surface area contributed by atoms with E-state index in [4.69, 9.17) is 10.2 Å². The Hall–Kier alpha value is -1.58. The number of benzene rings is 1. The SMILES string of the molecule is O=C(O)[C@H](CO)NCCS(=O)(=O)c1ccc(F)c(F)c1. The number of sulfone groups is 1. The largest absolute Gasteiger partial charge is 0.480 e. The summed E-state index contributed by atoms with van der Waals surface area (Å²) in [6.45, 7) is -0.945. The molecule has 0 saturated carbocycles. The standard InChI is InChI=1S/C11H13F2NO5S/c12-8-2-1-7(5-9(8)13)20(18,19)4-3-14-10(6-15)11(16)17/h1-2,5,10,14-15H,3-4,6H2,(H,16,17)/t10-/m0/s1. The van der Waals surface area contributed by atoms with Gasteiger partial charge in [-0.15, -0.1) is 0 Å². The monoisotopic (exact) mass is 309 g/mol. The highest BCUT2D eigenvalue weighted by Gasteiger charge is 2.19. The van der Waals surface area contributed by atoms with Crippen LogP contribution >= 0.6 is 0 Å². The first-order valence-electron chi connectivity index (χ1n) is 5.53. The van der Waals surface area contributed by atoms with Crippen LogP contribution in [0.1, 0.15) is 0 Å². The number of hydrogen-bond acceptors (Lipinski definition) is 5. The average molecular weight is 309 g/mol. The molecule has 0 aromatic heterocycles. The van der Waals surface area contributed by atoms with Gasteiger partial charge in [0.15, 0.2) is 21.5 Å². The maximum Gasteiger partial charge on any atom is 0.323 e. The summed E-state index contributed by atoms with van der Waals surface area (Å²) in [4.78, 5) is 10.2. The summed E-state index contributed by atoms with van der Waals surface area (Å²) in [6.07, 6.45) is 0. The number of halogens is 2. The molecule has 0 aliphatic carbocycles. The Morgan fingerprint density at radius 2 is 1.95 bits per heavy atom. The fraction of sp³-hybridized carbons (Fsp3) is 0.364. The smallest absolute Gasteiger partial charge is 0.323 e. The van der Waals surface area contributed by atoms with E-state index in [1.807, 2.05) is 0 Å². The van der Waals surface area contributed by atoms with Gasteiger partial charge in [-0.2, -0.15) is 0 Å². The number of nitrogens with one attached hydrogen (secondary N) is 1. The molecule has 0 heterocycles. The zero-order valence-corrected chi connectivity index (χ0v) is 11.0. The van der Waals surface area contributed by atoms with Gasteiger partial charge in [0.05, 0.1) is 17.3 Å². The zero-order valence-electron chi connectivity index (χ0n) is 10.2. The van der Waals surface area contributed by atoms with Gasteiger partial charge in [-0.05, 0) is 18.2 Å². The van der Waals surface area contributed by atoms with Crippen molar-refractivity contribution in [3.63, 3.8) is 0 Å². The normalized spacial score (nSPS) is 13.2. The van der Waals surface area contributed by atoms with E-state index in [0.717, 1.165) is 6.07 Å². The minimum absolute atomic E-state index is 0.251. The lowest BCUT2D eigenvalue weighted by Gasteiger charge is -2.11. The molecule has 0 bridgehead atoms. The predicted molar refractivity (Wildman–Crippen MR) is 64.9 cm³/mol. The van der Waals surface area contributed by atoms with Crippen LogP contribution in [0.2, 0.25) is 0 Å². The maximum absolute atomic E-state index is 13.0. The van der Waals surface area contributed by atoms with Gasteiger partial charge in [0.2, 0.25) is 0 Å². The van der Waals surface area contributed by atoms with Crippen molar-refractivity contribution in [3.8, 4) is 0 Å². The summed E-state index contributed by atoms with van der Waals surface area (Å²) in [5.74, 6) is -4.27. The van der Waals surface area contributed by atoms with Gasteiger partial charge in [0.25, 0.3) is 0 Å². The lowest BCUT2D eigenvalue weighted by atomic mass is 10.3. The molecule has 112 valence electrons. The molecule has 6 nitrogen and oxygen atoms in total. The third kappa shape index (κ3) is 4.22. The van der Waals surface area contributed by atoms with Crippen LogP contribution in [-0.2, 0) is 14.6 Å². The van der Waals surface area contributed by atoms with Gasteiger partial charge in [0.1, 0.15) is 6.04 Å². The van der Waals surface area contributed by atoms with Crippen molar-refractivity contribution in [2.45, 2.75) is 10.9 Å². The molecule has 3 N–H and O–H groups in total. The van der Waals surface area contributed by atoms with E-state index in [9.17, 15) is 22.0 Å². The number of aliphatic hydroxyl groups is 1. The minimum Gasteiger partial charge on any atom is -0.480 e. The van der Waals surface area contributed by atoms with Gasteiger partial charge >= 0.3 is 5.97 Å². The first-order valence-corrected chi connectivity index (χ1v) is 7.18. The number of carbonyl (C=O) groups is 1. The average Bonchev–Trinajstić information content (AvgIpc) is 2.37. The zero-order chi connectivity index (χ0) is 15.3. The summed E-state index contributed by atoms with van der Waals surface area (Å²) in [6, 6.07) is 0.902. The van der Waals surface area contributed by atoms with Crippen LogP contribution in [0, 0.1) is 11.6 Å². The Bertz CT molecular complexity index is 590. The summed E-state index contributed by atoms with van der Waals surface area (Å²) in [7, 11) is -3.87. The third-order valence-electron chi connectivity index (χ3n) is 2.49. The predicted octanol–water partition coefficient (Wildman–Crippen LogP) is -0.226. The lowest BCUT2D eigenvalue weighted by molar-refractivity contribution is -0.140. The van der Waals surface area contributed by atoms with Crippen LogP contribution in [0.15, 0.2) is 23.1 Å². The van der Waals surface area contributed by atoms with Crippen molar-refractivity contribution in [2.24, 2.45) is 0 Å². The lowest BCUT2D eigenvalue weighted by Crippen LogP contribution is -2.41. The molecule has 0 fully saturated rings. The molecule has 0 amide bonds. The molecule has 0 aliphatic heterocycles. The first-order chi connectivity index (χ1) is 9.27. The molecule has 0 saturated heterocycles. The van der Waals surface area contributed by atoms with E-state index >= 15 is 0 Å². The second-order valence-corrected chi connectivity index (χ2v) is 6.03. The fourth-order valence-electron chi connectivity index (χ4n) is 1.39. The van der Waals surface area contributed by atoms with Crippen molar-refractivity contribution in [3.05, 3.63) is 29.8 Å². The summed E-state index contributed by atoms with van der Waals surface area (Å²) >= 11 is 0. The molecule has 1 atom stereocenters. The molecule has 9 heteroatoms. The van der Waals surface area contributed by atoms with E-state index in [1.54, 1.807) is 0 Å². The summed E-state index contributed by atoms with van der Waals surface area (Å²) in [5.41, 5.74) is 0. The van der Waals surface area contributed by atoms with Gasteiger partial charge in [0, 0.05) is 6.54 Å². The second kappa shape index (κ2) is 6.73. The minimum atomic E-state index is -3.87. The number of aliphatic carboxylic acids is 1. The molecule has 20 heavy (non-hydrogen) atoms. The fourth-order valence-corrected chi connectivity index (χ4v) is 2.57. The molecule has 0 unspecified atom stereocenters. The molecular weight excluding hydrogens is 296 g/mol. The molecular formula is C11H13F2NO5S. The van der Waals surface area contributed by atoms with Crippen LogP contribution in [0.4, 0.5) is 8.78 Å². The first kappa shape index (κ1) is 16.5.